The summed E-state index contributed by atoms with van der Waals surface area (Å²) in [5.41, 5.74) is 8.70. The van der Waals surface area contributed by atoms with Gasteiger partial charge in [-0.3, -0.25) is 4.79 Å². The lowest BCUT2D eigenvalue weighted by Gasteiger charge is -2.42. The fourth-order valence-electron chi connectivity index (χ4n) is 4.73. The Morgan fingerprint density at radius 3 is 2.61 bits per heavy atom. The number of carbonyl (C=O) groups excluding carboxylic acids is 2. The molecule has 0 bridgehead atoms. The molecule has 0 saturated heterocycles. The Bertz CT molecular complexity index is 1190. The van der Waals surface area contributed by atoms with Crippen molar-refractivity contribution in [2.75, 3.05) is 11.9 Å². The average Bonchev–Trinajstić information content (AvgIpc) is 3.29. The lowest BCUT2D eigenvalue weighted by atomic mass is 9.74. The van der Waals surface area contributed by atoms with Gasteiger partial charge in [-0.1, -0.05) is 44.2 Å². The highest BCUT2D eigenvalue weighted by Gasteiger charge is 2.53. The number of aromatic nitrogens is 2. The number of primary amides is 1. The average molecular weight is 450 g/mol. The quantitative estimate of drug-likeness (QED) is 0.522. The first-order valence-electron chi connectivity index (χ1n) is 11.2. The van der Waals surface area contributed by atoms with E-state index >= 15 is 0 Å². The summed E-state index contributed by atoms with van der Waals surface area (Å²) in [7, 11) is 0. The van der Waals surface area contributed by atoms with Gasteiger partial charge in [0.25, 0.3) is 5.91 Å². The fourth-order valence-corrected chi connectivity index (χ4v) is 4.73. The Hall–Kier alpha value is -3.55. The molecule has 3 aromatic rings. The molecule has 2 aromatic heterocycles. The van der Waals surface area contributed by atoms with Crippen LogP contribution in [0.25, 0.3) is 16.6 Å². The molecule has 1 aliphatic carbocycles. The molecular formula is C25H31N5O3. The monoisotopic (exact) mass is 449 g/mol. The van der Waals surface area contributed by atoms with Crippen LogP contribution >= 0.6 is 0 Å². The van der Waals surface area contributed by atoms with Gasteiger partial charge in [0.05, 0.1) is 29.6 Å². The van der Waals surface area contributed by atoms with Gasteiger partial charge in [-0.25, -0.2) is 9.31 Å². The second-order valence-electron chi connectivity index (χ2n) is 9.36. The Labute approximate surface area is 193 Å². The molecular weight excluding hydrogens is 418 g/mol. The third-order valence-corrected chi connectivity index (χ3v) is 7.21. The molecule has 2 unspecified atom stereocenters. The molecule has 2 amide bonds. The zero-order valence-electron chi connectivity index (χ0n) is 19.5. The molecule has 2 atom stereocenters. The van der Waals surface area contributed by atoms with E-state index in [2.05, 4.69) is 29.6 Å². The first-order chi connectivity index (χ1) is 15.7. The molecule has 1 aromatic carbocycles. The van der Waals surface area contributed by atoms with Gasteiger partial charge in [0.15, 0.2) is 0 Å². The second-order valence-corrected chi connectivity index (χ2v) is 9.36. The highest BCUT2D eigenvalue weighted by molar-refractivity contribution is 6.02. The number of nitrogens with two attached hydrogens (primary N) is 1. The number of rotatable bonds is 6. The lowest BCUT2D eigenvalue weighted by molar-refractivity contribution is 0.100. The number of hydrogen-bond donors (Lipinski definition) is 3. The highest BCUT2D eigenvalue weighted by Crippen LogP contribution is 2.47. The number of amides is 2. The number of anilines is 1. The minimum atomic E-state index is -0.543. The Morgan fingerprint density at radius 1 is 1.21 bits per heavy atom. The standard InChI is InChI=1S/C25H31N5O3/c1-5-33-23(32)29-25(4)12-11-20(24(25,2)3)28-21-18(22(26)31)14-27-30-15-17(13-19(21)30)16-9-7-6-8-10-16/h6-10,13-15,20,28H,5,11-12H2,1-4H3,(H2,26,31)(H,29,32). The zero-order valence-corrected chi connectivity index (χ0v) is 19.5. The van der Waals surface area contributed by atoms with E-state index in [1.165, 1.54) is 6.20 Å². The summed E-state index contributed by atoms with van der Waals surface area (Å²) >= 11 is 0. The van der Waals surface area contributed by atoms with E-state index in [1.807, 2.05) is 49.5 Å². The number of carbonyl (C=O) groups is 2. The van der Waals surface area contributed by atoms with Gasteiger partial charge < -0.3 is 21.1 Å². The minimum Gasteiger partial charge on any atom is -0.450 e. The maximum absolute atomic E-state index is 12.3. The lowest BCUT2D eigenvalue weighted by Crippen LogP contribution is -2.56. The number of nitrogens with zero attached hydrogens (tertiary/aromatic N) is 2. The smallest absolute Gasteiger partial charge is 0.407 e. The highest BCUT2D eigenvalue weighted by atomic mass is 16.5. The molecule has 0 spiro atoms. The Balaban J connectivity index is 1.72. The molecule has 8 heteroatoms. The maximum Gasteiger partial charge on any atom is 0.407 e. The van der Waals surface area contributed by atoms with Gasteiger partial charge in [-0.05, 0) is 38.3 Å². The van der Waals surface area contributed by atoms with Crippen LogP contribution in [0.5, 0.6) is 0 Å². The minimum absolute atomic E-state index is 0.0243. The van der Waals surface area contributed by atoms with Crippen molar-refractivity contribution in [3.05, 3.63) is 54.4 Å². The first-order valence-corrected chi connectivity index (χ1v) is 11.2. The zero-order chi connectivity index (χ0) is 23.8. The van der Waals surface area contributed by atoms with E-state index < -0.39 is 17.5 Å². The molecule has 2 heterocycles. The van der Waals surface area contributed by atoms with Crippen molar-refractivity contribution in [3.8, 4) is 11.1 Å². The van der Waals surface area contributed by atoms with E-state index in [4.69, 9.17) is 10.5 Å². The van der Waals surface area contributed by atoms with Crippen molar-refractivity contribution in [3.63, 3.8) is 0 Å². The molecule has 1 saturated carbocycles. The number of ether oxygens (including phenoxy) is 1. The van der Waals surface area contributed by atoms with Gasteiger partial charge in [0.2, 0.25) is 0 Å². The molecule has 0 radical (unpaired) electrons. The topological polar surface area (TPSA) is 111 Å². The normalized spacial score (nSPS) is 21.6. The van der Waals surface area contributed by atoms with Crippen molar-refractivity contribution in [2.24, 2.45) is 11.1 Å². The predicted octanol–water partition coefficient (Wildman–Crippen LogP) is 4.21. The molecule has 1 aliphatic rings. The largest absolute Gasteiger partial charge is 0.450 e. The van der Waals surface area contributed by atoms with Crippen molar-refractivity contribution >= 4 is 23.2 Å². The number of nitrogens with one attached hydrogen (secondary N) is 2. The molecule has 33 heavy (non-hydrogen) atoms. The van der Waals surface area contributed by atoms with Crippen LogP contribution in [-0.4, -0.2) is 39.8 Å². The van der Waals surface area contributed by atoms with Gasteiger partial charge in [-0.2, -0.15) is 5.10 Å². The van der Waals surface area contributed by atoms with Gasteiger partial charge in [0, 0.05) is 28.8 Å². The second kappa shape index (κ2) is 8.42. The third kappa shape index (κ3) is 4.01. The van der Waals surface area contributed by atoms with Crippen LogP contribution in [-0.2, 0) is 4.74 Å². The summed E-state index contributed by atoms with van der Waals surface area (Å²) in [6.45, 7) is 8.36. The van der Waals surface area contributed by atoms with Crippen LogP contribution in [0.1, 0.15) is 50.9 Å². The van der Waals surface area contributed by atoms with Crippen molar-refractivity contribution in [1.82, 2.24) is 14.9 Å². The Morgan fingerprint density at radius 2 is 1.94 bits per heavy atom. The molecule has 4 rings (SSSR count). The van der Waals surface area contributed by atoms with Gasteiger partial charge in [-0.15, -0.1) is 0 Å². The summed E-state index contributed by atoms with van der Waals surface area (Å²) < 4.78 is 6.88. The van der Waals surface area contributed by atoms with E-state index in [1.54, 1.807) is 11.4 Å². The molecule has 174 valence electrons. The van der Waals surface area contributed by atoms with Crippen LogP contribution in [0.4, 0.5) is 10.5 Å². The predicted molar refractivity (Wildman–Crippen MR) is 128 cm³/mol. The summed E-state index contributed by atoms with van der Waals surface area (Å²) in [6.07, 6.45) is 4.59. The van der Waals surface area contributed by atoms with Crippen LogP contribution in [0.2, 0.25) is 0 Å². The van der Waals surface area contributed by atoms with E-state index in [0.29, 0.717) is 17.9 Å². The van der Waals surface area contributed by atoms with Gasteiger partial charge >= 0.3 is 6.09 Å². The van der Waals surface area contributed by atoms with Crippen LogP contribution < -0.4 is 16.4 Å². The van der Waals surface area contributed by atoms with Crippen molar-refractivity contribution < 1.29 is 14.3 Å². The van der Waals surface area contributed by atoms with Crippen LogP contribution in [0.3, 0.4) is 0 Å². The molecule has 8 nitrogen and oxygen atoms in total. The van der Waals surface area contributed by atoms with Crippen molar-refractivity contribution in [2.45, 2.75) is 52.1 Å². The maximum atomic E-state index is 12.3. The van der Waals surface area contributed by atoms with Crippen molar-refractivity contribution in [1.29, 1.82) is 0 Å². The number of alkyl carbamates (subject to hydrolysis) is 1. The van der Waals surface area contributed by atoms with E-state index in [9.17, 15) is 9.59 Å². The molecule has 1 fully saturated rings. The van der Waals surface area contributed by atoms with Crippen LogP contribution in [0.15, 0.2) is 48.8 Å². The van der Waals surface area contributed by atoms with E-state index in [-0.39, 0.29) is 11.5 Å². The molecule has 0 aliphatic heterocycles. The number of hydrogen-bond acceptors (Lipinski definition) is 5. The Kier molecular flexibility index (Phi) is 5.78. The summed E-state index contributed by atoms with van der Waals surface area (Å²) in [5.74, 6) is -0.543. The summed E-state index contributed by atoms with van der Waals surface area (Å²) in [5, 5.41) is 11.1. The summed E-state index contributed by atoms with van der Waals surface area (Å²) in [4.78, 5) is 24.5. The summed E-state index contributed by atoms with van der Waals surface area (Å²) in [6, 6.07) is 12.0. The third-order valence-electron chi connectivity index (χ3n) is 7.21. The van der Waals surface area contributed by atoms with E-state index in [0.717, 1.165) is 29.5 Å². The van der Waals surface area contributed by atoms with Gasteiger partial charge in [0.1, 0.15) is 0 Å². The number of benzene rings is 1. The van der Waals surface area contributed by atoms with Crippen LogP contribution in [0, 0.1) is 5.41 Å². The first kappa shape index (κ1) is 22.6. The molecule has 4 N–H and O–H groups in total. The fraction of sp³-hybridized carbons (Fsp3) is 0.400. The SMILES string of the molecule is CCOC(=O)NC1(C)CCC(Nc2c(C(N)=O)cnn3cc(-c4ccccc4)cc23)C1(C)C. The number of fused-ring (bicyclic) bond motifs is 1.